The van der Waals surface area contributed by atoms with E-state index in [-0.39, 0.29) is 0 Å². The number of benzene rings is 1. The van der Waals surface area contributed by atoms with Gasteiger partial charge in [-0.15, -0.1) is 0 Å². The smallest absolute Gasteiger partial charge is 0.208 e. The summed E-state index contributed by atoms with van der Waals surface area (Å²) in [7, 11) is 1.87. The number of aromatic nitrogens is 1. The summed E-state index contributed by atoms with van der Waals surface area (Å²) in [5, 5.41) is 3.01. The third kappa shape index (κ3) is 2.18. The fraction of sp³-hybridized carbons (Fsp3) is 0.250. The Hall–Kier alpha value is -1.13. The van der Waals surface area contributed by atoms with Crippen molar-refractivity contribution in [2.45, 2.75) is 13.5 Å². The molecule has 0 aliphatic rings. The van der Waals surface area contributed by atoms with Crippen LogP contribution in [0.4, 0.5) is 0 Å². The van der Waals surface area contributed by atoms with Crippen LogP contribution in [0, 0.1) is 6.92 Å². The molecule has 1 aromatic heterocycles. The molecule has 0 spiro atoms. The normalized spacial score (nSPS) is 10.7. The fourth-order valence-electron chi connectivity index (χ4n) is 1.54. The fourth-order valence-corrected chi connectivity index (χ4v) is 1.91. The molecule has 0 unspecified atom stereocenters. The molecule has 0 fully saturated rings. The van der Waals surface area contributed by atoms with Crippen LogP contribution in [0.1, 0.15) is 11.5 Å². The second-order valence-electron chi connectivity index (χ2n) is 3.56. The lowest BCUT2D eigenvalue weighted by Crippen LogP contribution is -2.04. The molecule has 2 aromatic rings. The van der Waals surface area contributed by atoms with Crippen LogP contribution in [-0.2, 0) is 6.54 Å². The Morgan fingerprint density at radius 2 is 2.25 bits per heavy atom. The van der Waals surface area contributed by atoms with Gasteiger partial charge in [-0.3, -0.25) is 0 Å². The van der Waals surface area contributed by atoms with Crippen LogP contribution in [-0.4, -0.2) is 12.0 Å². The van der Waals surface area contributed by atoms with Crippen LogP contribution in [0.25, 0.3) is 11.3 Å². The van der Waals surface area contributed by atoms with Crippen molar-refractivity contribution in [1.29, 1.82) is 0 Å². The minimum Gasteiger partial charge on any atom is -0.439 e. The topological polar surface area (TPSA) is 38.1 Å². The number of oxazole rings is 1. The number of rotatable bonds is 3. The van der Waals surface area contributed by atoms with Crippen LogP contribution < -0.4 is 5.32 Å². The molecule has 0 radical (unpaired) electrons. The summed E-state index contributed by atoms with van der Waals surface area (Å²) in [4.78, 5) is 4.21. The minimum atomic E-state index is 0.646. The molecule has 0 bridgehead atoms. The summed E-state index contributed by atoms with van der Waals surface area (Å²) in [6.07, 6.45) is 1.77. The zero-order chi connectivity index (χ0) is 11.5. The van der Waals surface area contributed by atoms with E-state index < -0.39 is 0 Å². The maximum absolute atomic E-state index is 5.65. The van der Waals surface area contributed by atoms with Gasteiger partial charge < -0.3 is 9.73 Å². The van der Waals surface area contributed by atoms with Crippen LogP contribution in [0.15, 0.2) is 33.3 Å². The van der Waals surface area contributed by atoms with Gasteiger partial charge in [0.15, 0.2) is 5.76 Å². The van der Waals surface area contributed by atoms with Gasteiger partial charge in [-0.2, -0.15) is 0 Å². The van der Waals surface area contributed by atoms with Gasteiger partial charge in [-0.1, -0.05) is 28.1 Å². The first-order valence-corrected chi connectivity index (χ1v) is 5.86. The summed E-state index contributed by atoms with van der Waals surface area (Å²) in [6.45, 7) is 2.70. The van der Waals surface area contributed by atoms with Gasteiger partial charge in [0, 0.05) is 10.0 Å². The summed E-state index contributed by atoms with van der Waals surface area (Å²) in [5.41, 5.74) is 2.24. The predicted molar refractivity (Wildman–Crippen MR) is 67.1 cm³/mol. The van der Waals surface area contributed by atoms with Gasteiger partial charge in [-0.25, -0.2) is 4.98 Å². The monoisotopic (exact) mass is 280 g/mol. The van der Waals surface area contributed by atoms with E-state index in [1.807, 2.05) is 25.2 Å². The Bertz CT molecular complexity index is 494. The van der Waals surface area contributed by atoms with Gasteiger partial charge in [-0.05, 0) is 25.6 Å². The van der Waals surface area contributed by atoms with Gasteiger partial charge in [0.2, 0.25) is 5.89 Å². The molecule has 0 saturated carbocycles. The maximum Gasteiger partial charge on any atom is 0.208 e. The molecule has 16 heavy (non-hydrogen) atoms. The lowest BCUT2D eigenvalue weighted by molar-refractivity contribution is 0.490. The molecule has 1 N–H and O–H groups in total. The van der Waals surface area contributed by atoms with Crippen molar-refractivity contribution in [3.63, 3.8) is 0 Å². The SMILES string of the molecule is CNCc1ncc(-c2cccc(Br)c2C)o1. The average molecular weight is 281 g/mol. The van der Waals surface area contributed by atoms with E-state index >= 15 is 0 Å². The quantitative estimate of drug-likeness (QED) is 0.939. The molecule has 0 aliphatic carbocycles. The van der Waals surface area contributed by atoms with E-state index in [1.165, 1.54) is 0 Å². The van der Waals surface area contributed by atoms with Crippen molar-refractivity contribution in [3.05, 3.63) is 40.3 Å². The molecule has 1 heterocycles. The first-order chi connectivity index (χ1) is 7.72. The lowest BCUT2D eigenvalue weighted by Gasteiger charge is -2.03. The Kier molecular flexibility index (Phi) is 3.41. The summed E-state index contributed by atoms with van der Waals surface area (Å²) in [5.74, 6) is 1.51. The van der Waals surface area contributed by atoms with Gasteiger partial charge in [0.05, 0.1) is 12.7 Å². The molecule has 84 valence electrons. The summed E-state index contributed by atoms with van der Waals surface area (Å²) < 4.78 is 6.73. The first kappa shape index (κ1) is 11.4. The van der Waals surface area contributed by atoms with Crippen molar-refractivity contribution < 1.29 is 4.42 Å². The maximum atomic E-state index is 5.65. The standard InChI is InChI=1S/C12H13BrN2O/c1-8-9(4-3-5-10(8)13)11-6-15-12(16-11)7-14-2/h3-6,14H,7H2,1-2H3. The Balaban J connectivity index is 2.39. The highest BCUT2D eigenvalue weighted by Gasteiger charge is 2.09. The summed E-state index contributed by atoms with van der Waals surface area (Å²) >= 11 is 3.51. The van der Waals surface area contributed by atoms with E-state index in [0.717, 1.165) is 21.4 Å². The Labute approximate surface area is 103 Å². The molecular formula is C12H13BrN2O. The number of hydrogen-bond acceptors (Lipinski definition) is 3. The second kappa shape index (κ2) is 4.80. The minimum absolute atomic E-state index is 0.646. The third-order valence-electron chi connectivity index (χ3n) is 2.41. The van der Waals surface area contributed by atoms with Crippen molar-refractivity contribution in [2.24, 2.45) is 0 Å². The zero-order valence-corrected chi connectivity index (χ0v) is 10.8. The molecule has 1 aromatic carbocycles. The predicted octanol–water partition coefficient (Wildman–Crippen LogP) is 3.13. The van der Waals surface area contributed by atoms with Crippen LogP contribution in [0.5, 0.6) is 0 Å². The highest BCUT2D eigenvalue weighted by atomic mass is 79.9. The number of nitrogens with one attached hydrogen (secondary N) is 1. The van der Waals surface area contributed by atoms with Gasteiger partial charge in [0.25, 0.3) is 0 Å². The van der Waals surface area contributed by atoms with E-state index in [2.05, 4.69) is 33.2 Å². The van der Waals surface area contributed by atoms with Crippen LogP contribution >= 0.6 is 15.9 Å². The molecule has 0 amide bonds. The molecule has 0 saturated heterocycles. The Morgan fingerprint density at radius 1 is 1.44 bits per heavy atom. The van der Waals surface area contributed by atoms with Gasteiger partial charge in [0.1, 0.15) is 0 Å². The molecule has 4 heteroatoms. The highest BCUT2D eigenvalue weighted by Crippen LogP contribution is 2.28. The van der Waals surface area contributed by atoms with Crippen LogP contribution in [0.3, 0.4) is 0 Å². The van der Waals surface area contributed by atoms with E-state index in [9.17, 15) is 0 Å². The number of nitrogens with zero attached hydrogens (tertiary/aromatic N) is 1. The van der Waals surface area contributed by atoms with E-state index in [4.69, 9.17) is 4.42 Å². The largest absolute Gasteiger partial charge is 0.439 e. The van der Waals surface area contributed by atoms with Crippen molar-refractivity contribution in [3.8, 4) is 11.3 Å². The molecule has 0 atom stereocenters. The molecule has 3 nitrogen and oxygen atoms in total. The zero-order valence-electron chi connectivity index (χ0n) is 9.25. The number of hydrogen-bond donors (Lipinski definition) is 1. The van der Waals surface area contributed by atoms with Crippen molar-refractivity contribution in [2.75, 3.05) is 7.05 Å². The van der Waals surface area contributed by atoms with E-state index in [0.29, 0.717) is 12.4 Å². The number of halogens is 1. The third-order valence-corrected chi connectivity index (χ3v) is 3.27. The van der Waals surface area contributed by atoms with Crippen molar-refractivity contribution >= 4 is 15.9 Å². The van der Waals surface area contributed by atoms with Gasteiger partial charge >= 0.3 is 0 Å². The lowest BCUT2D eigenvalue weighted by atomic mass is 10.1. The average Bonchev–Trinajstić information content (AvgIpc) is 2.71. The molecular weight excluding hydrogens is 268 g/mol. The molecule has 0 aliphatic heterocycles. The first-order valence-electron chi connectivity index (χ1n) is 5.07. The second-order valence-corrected chi connectivity index (χ2v) is 4.42. The Morgan fingerprint density at radius 3 is 3.00 bits per heavy atom. The van der Waals surface area contributed by atoms with Crippen molar-refractivity contribution in [1.82, 2.24) is 10.3 Å². The highest BCUT2D eigenvalue weighted by molar-refractivity contribution is 9.10. The van der Waals surface area contributed by atoms with Crippen LogP contribution in [0.2, 0.25) is 0 Å². The summed E-state index contributed by atoms with van der Waals surface area (Å²) in [6, 6.07) is 6.04. The van der Waals surface area contributed by atoms with E-state index in [1.54, 1.807) is 6.20 Å². The molecule has 2 rings (SSSR count).